The molecule has 7 nitrogen and oxygen atoms in total. The second kappa shape index (κ2) is 9.09. The van der Waals surface area contributed by atoms with Gasteiger partial charge in [-0.1, -0.05) is 35.5 Å². The Kier molecular flexibility index (Phi) is 6.71. The highest BCUT2D eigenvalue weighted by Gasteiger charge is 2.35. The van der Waals surface area contributed by atoms with Crippen LogP contribution in [0.4, 0.5) is 13.2 Å². The molecule has 0 radical (unpaired) electrons. The highest BCUT2D eigenvalue weighted by atomic mass is 35.5. The van der Waals surface area contributed by atoms with Gasteiger partial charge in [-0.25, -0.2) is 0 Å². The fourth-order valence-electron chi connectivity index (χ4n) is 2.67. The maximum atomic E-state index is 12.9. The summed E-state index contributed by atoms with van der Waals surface area (Å²) >= 11 is 6.99. The number of amides is 1. The van der Waals surface area contributed by atoms with Gasteiger partial charge in [-0.2, -0.15) is 18.3 Å². The number of hydrogen-bond acceptors (Lipinski definition) is 5. The van der Waals surface area contributed by atoms with Gasteiger partial charge in [0.15, 0.2) is 16.7 Å². The van der Waals surface area contributed by atoms with Gasteiger partial charge < -0.3 is 9.88 Å². The number of hydrogen-bond donors (Lipinski definition) is 1. The molecule has 0 atom stereocenters. The van der Waals surface area contributed by atoms with Crippen molar-refractivity contribution in [3.63, 3.8) is 0 Å². The lowest BCUT2D eigenvalue weighted by molar-refractivity contribution is -0.141. The molecule has 0 unspecified atom stereocenters. The van der Waals surface area contributed by atoms with Crippen LogP contribution in [0.5, 0.6) is 0 Å². The number of alkyl halides is 3. The van der Waals surface area contributed by atoms with Gasteiger partial charge in [-0.3, -0.25) is 9.48 Å². The second-order valence-corrected chi connectivity index (χ2v) is 7.66. The number of aryl methyl sites for hydroxylation is 1. The standard InChI is InChI=1S/C18H18ClF3N6OS/c1-3-28-16(13-8-14(18(20,21)22)26-27(13)2)24-25-17(28)30-10-15(29)23-9-11-4-6-12(19)7-5-11/h4-8H,3,9-10H2,1-2H3,(H,23,29). The first-order valence-corrected chi connectivity index (χ1v) is 10.2. The van der Waals surface area contributed by atoms with E-state index in [9.17, 15) is 18.0 Å². The van der Waals surface area contributed by atoms with Crippen molar-refractivity contribution in [3.8, 4) is 11.5 Å². The topological polar surface area (TPSA) is 77.6 Å². The van der Waals surface area contributed by atoms with Crippen LogP contribution in [-0.4, -0.2) is 36.2 Å². The Morgan fingerprint density at radius 3 is 2.53 bits per heavy atom. The summed E-state index contributed by atoms with van der Waals surface area (Å²) in [5.41, 5.74) is 0.102. The fourth-order valence-corrected chi connectivity index (χ4v) is 3.63. The molecule has 0 aliphatic rings. The summed E-state index contributed by atoms with van der Waals surface area (Å²) in [6.07, 6.45) is -4.55. The van der Waals surface area contributed by atoms with Gasteiger partial charge in [0.25, 0.3) is 0 Å². The number of benzene rings is 1. The van der Waals surface area contributed by atoms with Gasteiger partial charge in [-0.05, 0) is 30.7 Å². The predicted molar refractivity (Wildman–Crippen MR) is 107 cm³/mol. The van der Waals surface area contributed by atoms with Crippen LogP contribution >= 0.6 is 23.4 Å². The van der Waals surface area contributed by atoms with E-state index in [0.29, 0.717) is 23.3 Å². The van der Waals surface area contributed by atoms with Crippen LogP contribution < -0.4 is 5.32 Å². The molecule has 1 aromatic carbocycles. The Morgan fingerprint density at radius 1 is 1.23 bits per heavy atom. The molecule has 2 aromatic heterocycles. The van der Waals surface area contributed by atoms with E-state index in [1.54, 1.807) is 16.7 Å². The molecular formula is C18H18ClF3N6OS. The third kappa shape index (κ3) is 5.14. The Hall–Kier alpha value is -2.53. The van der Waals surface area contributed by atoms with Crippen molar-refractivity contribution in [1.29, 1.82) is 0 Å². The zero-order valence-electron chi connectivity index (χ0n) is 16.1. The second-order valence-electron chi connectivity index (χ2n) is 6.28. The average Bonchev–Trinajstić information content (AvgIpc) is 3.28. The Morgan fingerprint density at radius 2 is 1.93 bits per heavy atom. The van der Waals surface area contributed by atoms with E-state index in [4.69, 9.17) is 11.6 Å². The van der Waals surface area contributed by atoms with Crippen LogP contribution in [0.2, 0.25) is 5.02 Å². The van der Waals surface area contributed by atoms with Crippen molar-refractivity contribution in [2.45, 2.75) is 31.3 Å². The third-order valence-corrected chi connectivity index (χ3v) is 5.39. The number of halogens is 4. The van der Waals surface area contributed by atoms with Crippen LogP contribution in [0.1, 0.15) is 18.2 Å². The van der Waals surface area contributed by atoms with Crippen LogP contribution in [0.3, 0.4) is 0 Å². The van der Waals surface area contributed by atoms with Gasteiger partial charge in [0.2, 0.25) is 5.91 Å². The van der Waals surface area contributed by atoms with Crippen LogP contribution in [0, 0.1) is 0 Å². The smallest absolute Gasteiger partial charge is 0.351 e. The van der Waals surface area contributed by atoms with Gasteiger partial charge in [-0.15, -0.1) is 10.2 Å². The zero-order valence-corrected chi connectivity index (χ0v) is 17.6. The molecule has 1 amide bonds. The lowest BCUT2D eigenvalue weighted by Gasteiger charge is -2.08. The Labute approximate surface area is 179 Å². The molecule has 12 heteroatoms. The molecule has 0 aliphatic carbocycles. The quantitative estimate of drug-likeness (QED) is 0.545. The van der Waals surface area contributed by atoms with Crippen molar-refractivity contribution in [1.82, 2.24) is 29.9 Å². The highest BCUT2D eigenvalue weighted by molar-refractivity contribution is 7.99. The summed E-state index contributed by atoms with van der Waals surface area (Å²) in [4.78, 5) is 12.1. The molecule has 0 spiro atoms. The number of nitrogens with one attached hydrogen (secondary N) is 1. The molecule has 2 heterocycles. The van der Waals surface area contributed by atoms with E-state index in [2.05, 4.69) is 20.6 Å². The number of carbonyl (C=O) groups excluding carboxylic acids is 1. The average molecular weight is 459 g/mol. The highest BCUT2D eigenvalue weighted by Crippen LogP contribution is 2.31. The summed E-state index contributed by atoms with van der Waals surface area (Å²) in [5, 5.41) is 15.4. The lowest BCUT2D eigenvalue weighted by Crippen LogP contribution is -2.24. The van der Waals surface area contributed by atoms with E-state index in [1.165, 1.54) is 7.05 Å². The van der Waals surface area contributed by atoms with E-state index < -0.39 is 11.9 Å². The summed E-state index contributed by atoms with van der Waals surface area (Å²) < 4.78 is 41.6. The van der Waals surface area contributed by atoms with Crippen LogP contribution in [-0.2, 0) is 31.1 Å². The maximum Gasteiger partial charge on any atom is 0.435 e. The van der Waals surface area contributed by atoms with Gasteiger partial charge in [0.1, 0.15) is 5.69 Å². The number of rotatable bonds is 7. The lowest BCUT2D eigenvalue weighted by atomic mass is 10.2. The fraction of sp³-hybridized carbons (Fsp3) is 0.333. The number of nitrogens with zero attached hydrogens (tertiary/aromatic N) is 5. The Balaban J connectivity index is 1.66. The molecule has 0 aliphatic heterocycles. The minimum atomic E-state index is -4.55. The molecule has 30 heavy (non-hydrogen) atoms. The molecule has 3 aromatic rings. The van der Waals surface area contributed by atoms with E-state index >= 15 is 0 Å². The first-order chi connectivity index (χ1) is 14.2. The molecule has 3 rings (SSSR count). The Bertz CT molecular complexity index is 1030. The van der Waals surface area contributed by atoms with Gasteiger partial charge in [0, 0.05) is 25.2 Å². The summed E-state index contributed by atoms with van der Waals surface area (Å²) in [7, 11) is 1.41. The molecular weight excluding hydrogens is 441 g/mol. The van der Waals surface area contributed by atoms with E-state index in [-0.39, 0.29) is 23.2 Å². The van der Waals surface area contributed by atoms with Crippen LogP contribution in [0.15, 0.2) is 35.5 Å². The number of aromatic nitrogens is 5. The normalized spacial score (nSPS) is 11.7. The molecule has 0 saturated heterocycles. The first kappa shape index (κ1) is 22.2. The van der Waals surface area contributed by atoms with Gasteiger partial charge >= 0.3 is 6.18 Å². The maximum absolute atomic E-state index is 12.9. The van der Waals surface area contributed by atoms with Crippen molar-refractivity contribution in [2.24, 2.45) is 7.05 Å². The minimum absolute atomic E-state index is 0.0882. The summed E-state index contributed by atoms with van der Waals surface area (Å²) in [6, 6.07) is 8.05. The monoisotopic (exact) mass is 458 g/mol. The minimum Gasteiger partial charge on any atom is -0.351 e. The van der Waals surface area contributed by atoms with Crippen molar-refractivity contribution < 1.29 is 18.0 Å². The number of thioether (sulfide) groups is 1. The summed E-state index contributed by atoms with van der Waals surface area (Å²) in [5.74, 6) is 0.138. The zero-order chi connectivity index (χ0) is 21.9. The molecule has 160 valence electrons. The number of carbonyl (C=O) groups is 1. The van der Waals surface area contributed by atoms with E-state index in [1.807, 2.05) is 19.1 Å². The molecule has 0 saturated carbocycles. The van der Waals surface area contributed by atoms with Gasteiger partial charge in [0.05, 0.1) is 5.75 Å². The largest absolute Gasteiger partial charge is 0.435 e. The molecule has 1 N–H and O–H groups in total. The first-order valence-electron chi connectivity index (χ1n) is 8.87. The van der Waals surface area contributed by atoms with Crippen molar-refractivity contribution in [3.05, 3.63) is 46.6 Å². The SMILES string of the molecule is CCn1c(SCC(=O)NCc2ccc(Cl)cc2)nnc1-c1cc(C(F)(F)F)nn1C. The molecule has 0 fully saturated rings. The molecule has 0 bridgehead atoms. The third-order valence-electron chi connectivity index (χ3n) is 4.17. The van der Waals surface area contributed by atoms with Crippen molar-refractivity contribution in [2.75, 3.05) is 5.75 Å². The van der Waals surface area contributed by atoms with E-state index in [0.717, 1.165) is 28.1 Å². The van der Waals surface area contributed by atoms with Crippen LogP contribution in [0.25, 0.3) is 11.5 Å². The van der Waals surface area contributed by atoms with Crippen molar-refractivity contribution >= 4 is 29.3 Å². The summed E-state index contributed by atoms with van der Waals surface area (Å²) in [6.45, 7) is 2.60. The predicted octanol–water partition coefficient (Wildman–Crippen LogP) is 3.78.